The quantitative estimate of drug-likeness (QED) is 0.434. The van der Waals surface area contributed by atoms with Crippen molar-refractivity contribution < 1.29 is 9.90 Å². The summed E-state index contributed by atoms with van der Waals surface area (Å²) in [5, 5.41) is 13.3. The van der Waals surface area contributed by atoms with Crippen molar-refractivity contribution in [2.24, 2.45) is 5.41 Å². The molecule has 0 spiro atoms. The number of nitrogens with zero attached hydrogens (tertiary/aromatic N) is 3. The zero-order valence-corrected chi connectivity index (χ0v) is 22.8. The molecule has 2 atom stereocenters. The first-order valence-corrected chi connectivity index (χ1v) is 13.3. The number of piperidine rings is 1. The molecule has 2 unspecified atom stereocenters. The summed E-state index contributed by atoms with van der Waals surface area (Å²) < 4.78 is 0. The summed E-state index contributed by atoms with van der Waals surface area (Å²) in [7, 11) is 0. The average molecular weight is 501 g/mol. The monoisotopic (exact) mass is 500 g/mol. The summed E-state index contributed by atoms with van der Waals surface area (Å²) in [6.45, 7) is 11.1. The topological polar surface area (TPSA) is 78.4 Å². The predicted octanol–water partition coefficient (Wildman–Crippen LogP) is 5.72. The van der Waals surface area contributed by atoms with Crippen LogP contribution in [-0.2, 0) is 24.5 Å². The molecule has 0 radical (unpaired) electrons. The fourth-order valence-corrected chi connectivity index (χ4v) is 5.29. The number of hydrogen-bond donors (Lipinski definition) is 2. The van der Waals surface area contributed by atoms with Gasteiger partial charge in [0, 0.05) is 30.9 Å². The summed E-state index contributed by atoms with van der Waals surface area (Å²) in [4.78, 5) is 24.5. The number of nitrogens with one attached hydrogen (secondary N) is 1. The Hall–Kier alpha value is -3.09. The van der Waals surface area contributed by atoms with Crippen LogP contribution in [0.15, 0.2) is 54.9 Å². The maximum atomic E-state index is 12.3. The average Bonchev–Trinajstić information content (AvgIpc) is 2.88. The van der Waals surface area contributed by atoms with E-state index in [1.165, 1.54) is 11.1 Å². The molecule has 0 saturated carbocycles. The van der Waals surface area contributed by atoms with Crippen molar-refractivity contribution in [2.45, 2.75) is 85.7 Å². The molecule has 3 heterocycles. The van der Waals surface area contributed by atoms with Crippen LogP contribution in [0.1, 0.15) is 91.3 Å². The highest BCUT2D eigenvalue weighted by Crippen LogP contribution is 2.43. The second-order valence-corrected chi connectivity index (χ2v) is 11.2. The molecule has 37 heavy (non-hydrogen) atoms. The Morgan fingerprint density at radius 3 is 2.08 bits per heavy atom. The zero-order chi connectivity index (χ0) is 26.6. The lowest BCUT2D eigenvalue weighted by atomic mass is 9.88. The lowest BCUT2D eigenvalue weighted by Crippen LogP contribution is -2.37. The summed E-state index contributed by atoms with van der Waals surface area (Å²) in [5.41, 5.74) is 7.16. The number of hydrogen-bond acceptors (Lipinski definition) is 5. The van der Waals surface area contributed by atoms with E-state index in [0.717, 1.165) is 47.3 Å². The van der Waals surface area contributed by atoms with Gasteiger partial charge in [-0.15, -0.1) is 0 Å². The van der Waals surface area contributed by atoms with Crippen molar-refractivity contribution >= 4 is 5.91 Å². The van der Waals surface area contributed by atoms with Crippen LogP contribution in [0.5, 0.6) is 0 Å². The molecule has 1 aliphatic heterocycles. The van der Waals surface area contributed by atoms with Gasteiger partial charge < -0.3 is 10.4 Å². The third-order valence-electron chi connectivity index (χ3n) is 7.42. The number of benzene rings is 1. The highest BCUT2D eigenvalue weighted by atomic mass is 16.3. The van der Waals surface area contributed by atoms with Gasteiger partial charge >= 0.3 is 0 Å². The number of aliphatic hydroxyl groups is 1. The van der Waals surface area contributed by atoms with Gasteiger partial charge in [-0.25, -0.2) is 0 Å². The number of aromatic nitrogens is 2. The van der Waals surface area contributed by atoms with Crippen LogP contribution in [-0.4, -0.2) is 25.9 Å². The number of amides is 1. The molecule has 1 aliphatic rings. The molecule has 2 N–H and O–H groups in total. The molecule has 4 rings (SSSR count). The third kappa shape index (κ3) is 6.25. The molecular formula is C31H40N4O2. The summed E-state index contributed by atoms with van der Waals surface area (Å²) in [6.07, 6.45) is 6.94. The Morgan fingerprint density at radius 1 is 0.973 bits per heavy atom. The first-order valence-electron chi connectivity index (χ1n) is 13.3. The molecule has 6 heteroatoms. The minimum absolute atomic E-state index is 0.0117. The molecule has 1 fully saturated rings. The molecular weight excluding hydrogens is 460 g/mol. The molecule has 1 amide bonds. The van der Waals surface area contributed by atoms with Gasteiger partial charge in [-0.1, -0.05) is 51.1 Å². The number of pyridine rings is 2. The summed E-state index contributed by atoms with van der Waals surface area (Å²) in [6, 6.07) is 14.8. The Balaban J connectivity index is 1.67. The molecule has 1 saturated heterocycles. The van der Waals surface area contributed by atoms with Gasteiger partial charge in [0.2, 0.25) is 5.91 Å². The largest absolute Gasteiger partial charge is 0.392 e. The van der Waals surface area contributed by atoms with Crippen LogP contribution >= 0.6 is 0 Å². The lowest BCUT2D eigenvalue weighted by molar-refractivity contribution is -0.128. The van der Waals surface area contributed by atoms with Crippen LogP contribution < -0.4 is 5.32 Å². The number of likely N-dealkylation sites (tertiary alicyclic amines) is 1. The summed E-state index contributed by atoms with van der Waals surface area (Å²) in [5.74, 6) is 0.0117. The molecule has 2 aromatic heterocycles. The Kier molecular flexibility index (Phi) is 8.40. The van der Waals surface area contributed by atoms with E-state index in [4.69, 9.17) is 9.97 Å². The summed E-state index contributed by atoms with van der Waals surface area (Å²) >= 11 is 0. The number of aryl methyl sites for hydroxylation is 2. The van der Waals surface area contributed by atoms with E-state index in [9.17, 15) is 9.90 Å². The Labute approximate surface area is 221 Å². The number of carbonyl (C=O) groups is 1. The van der Waals surface area contributed by atoms with E-state index in [-0.39, 0.29) is 24.6 Å². The fourth-order valence-electron chi connectivity index (χ4n) is 5.29. The number of carbonyl (C=O) groups excluding carboxylic acids is 1. The van der Waals surface area contributed by atoms with Crippen LogP contribution in [0.4, 0.5) is 0 Å². The van der Waals surface area contributed by atoms with E-state index in [1.54, 1.807) is 0 Å². The van der Waals surface area contributed by atoms with Gasteiger partial charge in [0.1, 0.15) is 0 Å². The number of aliphatic hydroxyl groups excluding tert-OH is 1. The molecule has 6 nitrogen and oxygen atoms in total. The highest BCUT2D eigenvalue weighted by Gasteiger charge is 2.35. The van der Waals surface area contributed by atoms with Crippen LogP contribution in [0, 0.1) is 19.3 Å². The molecule has 196 valence electrons. The highest BCUT2D eigenvalue weighted by molar-refractivity contribution is 5.81. The van der Waals surface area contributed by atoms with Gasteiger partial charge in [-0.2, -0.15) is 0 Å². The smallest absolute Gasteiger partial charge is 0.225 e. The van der Waals surface area contributed by atoms with Crippen LogP contribution in [0.3, 0.4) is 0 Å². The van der Waals surface area contributed by atoms with Crippen molar-refractivity contribution in [2.75, 3.05) is 0 Å². The second-order valence-electron chi connectivity index (χ2n) is 11.2. The predicted molar refractivity (Wildman–Crippen MR) is 146 cm³/mol. The van der Waals surface area contributed by atoms with Gasteiger partial charge in [0.15, 0.2) is 0 Å². The first kappa shape index (κ1) is 27.0. The van der Waals surface area contributed by atoms with E-state index < -0.39 is 5.41 Å². The van der Waals surface area contributed by atoms with Gasteiger partial charge in [-0.3, -0.25) is 19.7 Å². The Morgan fingerprint density at radius 2 is 1.57 bits per heavy atom. The molecule has 0 bridgehead atoms. The minimum atomic E-state index is -0.439. The third-order valence-corrected chi connectivity index (χ3v) is 7.42. The van der Waals surface area contributed by atoms with Crippen molar-refractivity contribution in [1.82, 2.24) is 20.2 Å². The molecule has 3 aromatic rings. The SMILES string of the molecule is Cc1cccnc1C1CCCC(c2ncccc2C)N1Cc1ccc(CNC(=O)C(C)(C)C)cc1CO. The fraction of sp³-hybridized carbons (Fsp3) is 0.452. The van der Waals surface area contributed by atoms with E-state index >= 15 is 0 Å². The number of rotatable bonds is 7. The molecule has 1 aromatic carbocycles. The van der Waals surface area contributed by atoms with Gasteiger partial charge in [0.25, 0.3) is 0 Å². The van der Waals surface area contributed by atoms with Crippen LogP contribution in [0.25, 0.3) is 0 Å². The van der Waals surface area contributed by atoms with Gasteiger partial charge in [-0.05, 0) is 73.1 Å². The van der Waals surface area contributed by atoms with E-state index in [1.807, 2.05) is 51.4 Å². The maximum absolute atomic E-state index is 12.3. The lowest BCUT2D eigenvalue weighted by Gasteiger charge is -2.43. The van der Waals surface area contributed by atoms with Crippen LogP contribution in [0.2, 0.25) is 0 Å². The molecule has 0 aliphatic carbocycles. The van der Waals surface area contributed by atoms with E-state index in [2.05, 4.69) is 48.3 Å². The Bertz CT molecular complexity index is 1180. The minimum Gasteiger partial charge on any atom is -0.392 e. The first-order chi connectivity index (χ1) is 17.7. The van der Waals surface area contributed by atoms with Crippen molar-refractivity contribution in [3.05, 3.63) is 94.1 Å². The zero-order valence-electron chi connectivity index (χ0n) is 22.8. The van der Waals surface area contributed by atoms with Crippen molar-refractivity contribution in [3.8, 4) is 0 Å². The standard InChI is InChI=1S/C31H40N4O2/c1-21-9-7-15-32-28(21)26-11-6-12-27(29-22(2)10-8-16-33-29)35(26)19-24-14-13-23(17-25(24)20-36)18-34-30(37)31(3,4)5/h7-10,13-17,26-27,36H,6,11-12,18-20H2,1-5H3,(H,34,37). The van der Waals surface area contributed by atoms with E-state index in [0.29, 0.717) is 13.1 Å². The second kappa shape index (κ2) is 11.5. The van der Waals surface area contributed by atoms with Gasteiger partial charge in [0.05, 0.1) is 30.1 Å². The maximum Gasteiger partial charge on any atom is 0.225 e. The normalized spacial score (nSPS) is 18.5. The van der Waals surface area contributed by atoms with Crippen molar-refractivity contribution in [3.63, 3.8) is 0 Å². The van der Waals surface area contributed by atoms with Crippen molar-refractivity contribution in [1.29, 1.82) is 0 Å².